The van der Waals surface area contributed by atoms with Gasteiger partial charge in [0.05, 0.1) is 11.0 Å². The first-order valence-corrected chi connectivity index (χ1v) is 9.28. The number of aromatic nitrogens is 2. The van der Waals surface area contributed by atoms with E-state index in [1.807, 2.05) is 24.3 Å². The molecule has 28 heavy (non-hydrogen) atoms. The molecule has 1 aromatic heterocycles. The number of nitrogens with zero attached hydrogens (tertiary/aromatic N) is 3. The zero-order chi connectivity index (χ0) is 19.7. The molecule has 0 saturated carbocycles. The molecule has 142 valence electrons. The number of imidazole rings is 1. The van der Waals surface area contributed by atoms with Crippen molar-refractivity contribution in [3.63, 3.8) is 0 Å². The number of anilines is 1. The van der Waals surface area contributed by atoms with Crippen molar-refractivity contribution in [2.75, 3.05) is 4.90 Å². The average Bonchev–Trinajstić information content (AvgIpc) is 3.32. The molecule has 2 aromatic carbocycles. The highest BCUT2D eigenvalue weighted by molar-refractivity contribution is 6.10. The minimum absolute atomic E-state index is 0.0783. The molecular formula is C21H20N4O3. The quantitative estimate of drug-likeness (QED) is 0.533. The van der Waals surface area contributed by atoms with Crippen LogP contribution in [0.3, 0.4) is 0 Å². The van der Waals surface area contributed by atoms with Gasteiger partial charge in [-0.1, -0.05) is 43.7 Å². The summed E-state index contributed by atoms with van der Waals surface area (Å²) in [7, 11) is 0. The highest BCUT2D eigenvalue weighted by Crippen LogP contribution is 2.41. The Labute approximate surface area is 162 Å². The first kappa shape index (κ1) is 17.9. The Hall–Kier alpha value is -3.48. The van der Waals surface area contributed by atoms with E-state index < -0.39 is 10.8 Å². The Morgan fingerprint density at radius 3 is 2.79 bits per heavy atom. The molecule has 0 saturated heterocycles. The Balaban J connectivity index is 1.78. The summed E-state index contributed by atoms with van der Waals surface area (Å²) >= 11 is 0. The van der Waals surface area contributed by atoms with Crippen molar-refractivity contribution in [1.29, 1.82) is 0 Å². The van der Waals surface area contributed by atoms with Crippen LogP contribution in [0.2, 0.25) is 0 Å². The van der Waals surface area contributed by atoms with Crippen molar-refractivity contribution in [1.82, 2.24) is 9.97 Å². The number of nitrogens with one attached hydrogen (secondary N) is 1. The molecule has 3 aromatic rings. The number of hydrogen-bond donors (Lipinski definition) is 1. The van der Waals surface area contributed by atoms with Gasteiger partial charge in [0.2, 0.25) is 0 Å². The van der Waals surface area contributed by atoms with Crippen molar-refractivity contribution in [3.8, 4) is 0 Å². The van der Waals surface area contributed by atoms with E-state index >= 15 is 0 Å². The van der Waals surface area contributed by atoms with E-state index in [1.54, 1.807) is 23.2 Å². The number of H-pyrrole nitrogens is 1. The summed E-state index contributed by atoms with van der Waals surface area (Å²) in [5.74, 6) is 0.308. The fraction of sp³-hybridized carbons (Fsp3) is 0.238. The van der Waals surface area contributed by atoms with Crippen LogP contribution in [-0.2, 0) is 12.8 Å². The van der Waals surface area contributed by atoms with Gasteiger partial charge in [-0.2, -0.15) is 0 Å². The van der Waals surface area contributed by atoms with Crippen molar-refractivity contribution in [3.05, 3.63) is 87.5 Å². The fourth-order valence-electron chi connectivity index (χ4n) is 3.74. The molecule has 1 aliphatic heterocycles. The maximum atomic E-state index is 13.4. The van der Waals surface area contributed by atoms with Crippen LogP contribution in [0.4, 0.5) is 11.4 Å². The number of nitro groups is 1. The van der Waals surface area contributed by atoms with Crippen molar-refractivity contribution >= 4 is 17.3 Å². The lowest BCUT2D eigenvalue weighted by molar-refractivity contribution is -0.385. The molecule has 0 unspecified atom stereocenters. The number of aromatic amines is 1. The van der Waals surface area contributed by atoms with Gasteiger partial charge < -0.3 is 4.98 Å². The van der Waals surface area contributed by atoms with E-state index in [9.17, 15) is 14.9 Å². The number of amides is 1. The molecular weight excluding hydrogens is 356 g/mol. The second-order valence-electron chi connectivity index (χ2n) is 6.84. The van der Waals surface area contributed by atoms with Crippen LogP contribution in [0.15, 0.2) is 54.7 Å². The predicted molar refractivity (Wildman–Crippen MR) is 105 cm³/mol. The molecule has 1 N–H and O–H groups in total. The number of benzene rings is 2. The van der Waals surface area contributed by atoms with E-state index in [4.69, 9.17) is 0 Å². The predicted octanol–water partition coefficient (Wildman–Crippen LogP) is 4.21. The van der Waals surface area contributed by atoms with Gasteiger partial charge in [0.25, 0.3) is 11.6 Å². The van der Waals surface area contributed by atoms with Crippen LogP contribution >= 0.6 is 0 Å². The first-order chi connectivity index (χ1) is 13.6. The van der Waals surface area contributed by atoms with Crippen molar-refractivity contribution in [2.24, 2.45) is 0 Å². The van der Waals surface area contributed by atoms with Crippen LogP contribution < -0.4 is 4.90 Å². The monoisotopic (exact) mass is 376 g/mol. The maximum Gasteiger partial charge on any atom is 0.282 e. The summed E-state index contributed by atoms with van der Waals surface area (Å²) in [6, 6.07) is 13.4. The highest BCUT2D eigenvalue weighted by atomic mass is 16.6. The van der Waals surface area contributed by atoms with Gasteiger partial charge in [-0.3, -0.25) is 19.8 Å². The van der Waals surface area contributed by atoms with Crippen LogP contribution in [0.5, 0.6) is 0 Å². The largest absolute Gasteiger partial charge is 0.344 e. The Morgan fingerprint density at radius 2 is 2.00 bits per heavy atom. The number of carbonyl (C=O) groups is 1. The summed E-state index contributed by atoms with van der Waals surface area (Å²) in [5, 5.41) is 11.4. The number of hydrogen-bond acceptors (Lipinski definition) is 4. The van der Waals surface area contributed by atoms with Crippen LogP contribution in [0.1, 0.15) is 46.8 Å². The van der Waals surface area contributed by atoms with Gasteiger partial charge in [-0.25, -0.2) is 4.98 Å². The number of carbonyl (C=O) groups excluding carboxylic acids is 1. The molecule has 1 atom stereocenters. The minimum Gasteiger partial charge on any atom is -0.344 e. The first-order valence-electron chi connectivity index (χ1n) is 9.28. The van der Waals surface area contributed by atoms with Crippen LogP contribution in [0.25, 0.3) is 0 Å². The fourth-order valence-corrected chi connectivity index (χ4v) is 3.74. The second kappa shape index (κ2) is 7.26. The van der Waals surface area contributed by atoms with E-state index in [2.05, 4.69) is 16.9 Å². The molecule has 2 heterocycles. The highest BCUT2D eigenvalue weighted by Gasteiger charge is 2.38. The minimum atomic E-state index is -0.517. The lowest BCUT2D eigenvalue weighted by Crippen LogP contribution is -2.33. The summed E-state index contributed by atoms with van der Waals surface area (Å²) in [4.78, 5) is 33.8. The van der Waals surface area contributed by atoms with Crippen molar-refractivity contribution in [2.45, 2.75) is 32.2 Å². The molecule has 7 nitrogen and oxygen atoms in total. The number of para-hydroxylation sites is 2. The third-order valence-corrected chi connectivity index (χ3v) is 5.01. The summed E-state index contributed by atoms with van der Waals surface area (Å²) in [5.41, 5.74) is 2.69. The number of fused-ring (bicyclic) bond motifs is 1. The topological polar surface area (TPSA) is 92.1 Å². The van der Waals surface area contributed by atoms with E-state index in [0.29, 0.717) is 12.2 Å². The van der Waals surface area contributed by atoms with E-state index in [0.717, 1.165) is 29.8 Å². The number of aryl methyl sites for hydroxylation is 1. The normalized spacial score (nSPS) is 15.5. The third kappa shape index (κ3) is 3.05. The lowest BCUT2D eigenvalue weighted by atomic mass is 10.1. The number of nitro benzene ring substituents is 1. The van der Waals surface area contributed by atoms with Crippen molar-refractivity contribution < 1.29 is 9.72 Å². The molecule has 0 aliphatic carbocycles. The maximum absolute atomic E-state index is 13.4. The average molecular weight is 376 g/mol. The molecule has 7 heteroatoms. The van der Waals surface area contributed by atoms with E-state index in [-0.39, 0.29) is 17.3 Å². The third-order valence-electron chi connectivity index (χ3n) is 5.01. The van der Waals surface area contributed by atoms with Gasteiger partial charge in [-0.05, 0) is 24.1 Å². The zero-order valence-electron chi connectivity index (χ0n) is 15.5. The smallest absolute Gasteiger partial charge is 0.282 e. The molecule has 1 aliphatic rings. The summed E-state index contributed by atoms with van der Waals surface area (Å²) in [6.07, 6.45) is 4.28. The molecule has 0 spiro atoms. The van der Waals surface area contributed by atoms with E-state index in [1.165, 1.54) is 12.1 Å². The van der Waals surface area contributed by atoms with Crippen LogP contribution in [0, 0.1) is 10.1 Å². The van der Waals surface area contributed by atoms with Gasteiger partial charge in [-0.15, -0.1) is 0 Å². The molecule has 4 rings (SSSR count). The van der Waals surface area contributed by atoms with Gasteiger partial charge in [0.1, 0.15) is 11.4 Å². The summed E-state index contributed by atoms with van der Waals surface area (Å²) in [6.45, 7) is 2.09. The van der Waals surface area contributed by atoms with Gasteiger partial charge in [0, 0.05) is 30.1 Å². The Bertz CT molecular complexity index is 1040. The SMILES string of the molecule is CCCc1cnc([C@@H]2Cc3ccccc3N2C(=O)c2ccccc2[N+](=O)[O-])[nH]1. The molecule has 0 fully saturated rings. The standard InChI is InChI=1S/C21H20N4O3/c1-2-7-15-13-22-20(23-15)19-12-14-8-3-5-10-17(14)24(19)21(26)16-9-4-6-11-18(16)25(27)28/h3-6,8-11,13,19H,2,7,12H2,1H3,(H,22,23)/t19-/m0/s1. The van der Waals surface area contributed by atoms with Gasteiger partial charge in [0.15, 0.2) is 0 Å². The Kier molecular flexibility index (Phi) is 4.65. The van der Waals surface area contributed by atoms with Gasteiger partial charge >= 0.3 is 0 Å². The Morgan fingerprint density at radius 1 is 1.25 bits per heavy atom. The lowest BCUT2D eigenvalue weighted by Gasteiger charge is -2.24. The summed E-state index contributed by atoms with van der Waals surface area (Å²) < 4.78 is 0. The molecule has 1 amide bonds. The molecule has 0 radical (unpaired) electrons. The van der Waals surface area contributed by atoms with Crippen LogP contribution in [-0.4, -0.2) is 20.8 Å². The molecule has 0 bridgehead atoms. The number of rotatable bonds is 5. The second-order valence-corrected chi connectivity index (χ2v) is 6.84. The zero-order valence-corrected chi connectivity index (χ0v) is 15.5.